The molecule has 7 nitrogen and oxygen atoms in total. The number of anilines is 1. The van der Waals surface area contributed by atoms with Gasteiger partial charge in [-0.2, -0.15) is 0 Å². The molecule has 0 fully saturated rings. The van der Waals surface area contributed by atoms with Crippen molar-refractivity contribution in [1.82, 2.24) is 10.2 Å². The molecule has 4 rings (SSSR count). The molecule has 2 amide bonds. The van der Waals surface area contributed by atoms with Crippen LogP contribution in [0.5, 0.6) is 0 Å². The van der Waals surface area contributed by atoms with Gasteiger partial charge in [-0.05, 0) is 73.7 Å². The summed E-state index contributed by atoms with van der Waals surface area (Å²) < 4.78 is 29.7. The van der Waals surface area contributed by atoms with Gasteiger partial charge in [0, 0.05) is 34.6 Å². The standard InChI is InChI=1S/C38H43Cl2N3O4S/c1-6-28(5)41-38(45)36(23-29-11-8-7-9-12-29)42(24-33-34(39)13-10-14-35(33)40)37(44)25-43(31-19-17-30(18-20-31)26(2)3)48(46,47)32-21-15-27(4)16-22-32/h7-22,26,28,36H,6,23-25H2,1-5H3,(H,41,45)/t28-,36+/m0/s1. The molecule has 0 spiro atoms. The van der Waals surface area contributed by atoms with Crippen LogP contribution in [0.1, 0.15) is 62.3 Å². The second-order valence-electron chi connectivity index (χ2n) is 12.3. The zero-order valence-electron chi connectivity index (χ0n) is 28.0. The Bertz CT molecular complexity index is 1780. The molecule has 0 aliphatic heterocycles. The van der Waals surface area contributed by atoms with E-state index in [2.05, 4.69) is 5.32 Å². The van der Waals surface area contributed by atoms with E-state index in [0.29, 0.717) is 27.7 Å². The second-order valence-corrected chi connectivity index (χ2v) is 15.0. The van der Waals surface area contributed by atoms with Crippen molar-refractivity contribution in [3.05, 3.63) is 129 Å². The highest BCUT2D eigenvalue weighted by Gasteiger charge is 2.35. The van der Waals surface area contributed by atoms with Crippen LogP contribution in [0, 0.1) is 6.92 Å². The number of sulfonamides is 1. The molecule has 0 bridgehead atoms. The SMILES string of the molecule is CC[C@H](C)NC(=O)[C@@H](Cc1ccccc1)N(Cc1c(Cl)cccc1Cl)C(=O)CN(c1ccc(C(C)C)cc1)S(=O)(=O)c1ccc(C)cc1. The monoisotopic (exact) mass is 707 g/mol. The zero-order chi connectivity index (χ0) is 35.0. The minimum atomic E-state index is -4.22. The predicted octanol–water partition coefficient (Wildman–Crippen LogP) is 8.18. The van der Waals surface area contributed by atoms with Gasteiger partial charge in [0.1, 0.15) is 12.6 Å². The van der Waals surface area contributed by atoms with E-state index in [9.17, 15) is 18.0 Å². The number of carbonyl (C=O) groups is 2. The first-order chi connectivity index (χ1) is 22.8. The summed E-state index contributed by atoms with van der Waals surface area (Å²) in [5, 5.41) is 3.69. The summed E-state index contributed by atoms with van der Waals surface area (Å²) in [6, 6.07) is 26.9. The van der Waals surface area contributed by atoms with Crippen LogP contribution >= 0.6 is 23.2 Å². The normalized spacial score (nSPS) is 12.8. The maximum absolute atomic E-state index is 14.7. The fraction of sp³-hybridized carbons (Fsp3) is 0.316. The lowest BCUT2D eigenvalue weighted by Crippen LogP contribution is -2.54. The lowest BCUT2D eigenvalue weighted by molar-refractivity contribution is -0.140. The Labute approximate surface area is 294 Å². The van der Waals surface area contributed by atoms with E-state index >= 15 is 0 Å². The first-order valence-electron chi connectivity index (χ1n) is 16.1. The van der Waals surface area contributed by atoms with Gasteiger partial charge in [0.05, 0.1) is 10.6 Å². The number of carbonyl (C=O) groups excluding carboxylic acids is 2. The van der Waals surface area contributed by atoms with Crippen LogP contribution in [0.3, 0.4) is 0 Å². The molecule has 254 valence electrons. The summed E-state index contributed by atoms with van der Waals surface area (Å²) in [6.07, 6.45) is 0.869. The molecule has 10 heteroatoms. The van der Waals surface area contributed by atoms with Crippen molar-refractivity contribution in [1.29, 1.82) is 0 Å². The third kappa shape index (κ3) is 9.19. The molecule has 0 saturated heterocycles. The number of nitrogens with zero attached hydrogens (tertiary/aromatic N) is 2. The summed E-state index contributed by atoms with van der Waals surface area (Å²) in [5.41, 5.74) is 3.54. The Morgan fingerprint density at radius 2 is 1.42 bits per heavy atom. The van der Waals surface area contributed by atoms with Gasteiger partial charge in [0.25, 0.3) is 10.0 Å². The van der Waals surface area contributed by atoms with E-state index in [-0.39, 0.29) is 35.7 Å². The van der Waals surface area contributed by atoms with E-state index in [0.717, 1.165) is 21.0 Å². The molecule has 4 aromatic rings. The van der Waals surface area contributed by atoms with Gasteiger partial charge in [-0.25, -0.2) is 8.42 Å². The van der Waals surface area contributed by atoms with Crippen molar-refractivity contribution in [3.63, 3.8) is 0 Å². The Balaban J connectivity index is 1.85. The largest absolute Gasteiger partial charge is 0.352 e. The van der Waals surface area contributed by atoms with Crippen LogP contribution < -0.4 is 9.62 Å². The molecule has 0 heterocycles. The van der Waals surface area contributed by atoms with Crippen molar-refractivity contribution in [2.24, 2.45) is 0 Å². The number of halogens is 2. The van der Waals surface area contributed by atoms with Gasteiger partial charge < -0.3 is 10.2 Å². The highest BCUT2D eigenvalue weighted by molar-refractivity contribution is 7.92. The van der Waals surface area contributed by atoms with Crippen molar-refractivity contribution >= 4 is 50.7 Å². The summed E-state index contributed by atoms with van der Waals surface area (Å²) in [7, 11) is -4.22. The predicted molar refractivity (Wildman–Crippen MR) is 195 cm³/mol. The van der Waals surface area contributed by atoms with Gasteiger partial charge in [-0.1, -0.05) is 110 Å². The molecule has 0 aliphatic carbocycles. The van der Waals surface area contributed by atoms with Crippen LogP contribution in [-0.4, -0.2) is 43.8 Å². The van der Waals surface area contributed by atoms with E-state index < -0.39 is 28.5 Å². The van der Waals surface area contributed by atoms with Crippen LogP contribution in [0.15, 0.2) is 102 Å². The number of hydrogen-bond acceptors (Lipinski definition) is 4. The number of aryl methyl sites for hydroxylation is 1. The lowest BCUT2D eigenvalue weighted by Gasteiger charge is -2.34. The highest BCUT2D eigenvalue weighted by atomic mass is 35.5. The van der Waals surface area contributed by atoms with Gasteiger partial charge in [0.2, 0.25) is 11.8 Å². The number of benzene rings is 4. The maximum Gasteiger partial charge on any atom is 0.264 e. The quantitative estimate of drug-likeness (QED) is 0.143. The molecule has 2 atom stereocenters. The van der Waals surface area contributed by atoms with Gasteiger partial charge >= 0.3 is 0 Å². The Morgan fingerprint density at radius 3 is 1.98 bits per heavy atom. The first kappa shape index (κ1) is 37.0. The topological polar surface area (TPSA) is 86.8 Å². The molecular weight excluding hydrogens is 665 g/mol. The van der Waals surface area contributed by atoms with Crippen molar-refractivity contribution in [2.45, 2.75) is 76.9 Å². The van der Waals surface area contributed by atoms with Crippen molar-refractivity contribution in [2.75, 3.05) is 10.8 Å². The van der Waals surface area contributed by atoms with Crippen LogP contribution in [0.25, 0.3) is 0 Å². The van der Waals surface area contributed by atoms with Gasteiger partial charge in [0.15, 0.2) is 0 Å². The fourth-order valence-corrected chi connectivity index (χ4v) is 7.17. The molecular formula is C38H43Cl2N3O4S. The summed E-state index contributed by atoms with van der Waals surface area (Å²) in [4.78, 5) is 30.2. The Morgan fingerprint density at radius 1 is 0.812 bits per heavy atom. The molecule has 0 aromatic heterocycles. The molecule has 4 aromatic carbocycles. The minimum Gasteiger partial charge on any atom is -0.352 e. The molecule has 0 aliphatic rings. The number of nitrogens with one attached hydrogen (secondary N) is 1. The third-order valence-corrected chi connectivity index (χ3v) is 10.9. The smallest absolute Gasteiger partial charge is 0.264 e. The second kappa shape index (κ2) is 16.5. The van der Waals surface area contributed by atoms with Crippen LogP contribution in [-0.2, 0) is 32.6 Å². The summed E-state index contributed by atoms with van der Waals surface area (Å²) >= 11 is 13.2. The van der Waals surface area contributed by atoms with Crippen LogP contribution in [0.2, 0.25) is 10.0 Å². The lowest BCUT2D eigenvalue weighted by atomic mass is 10.0. The van der Waals surface area contributed by atoms with Crippen LogP contribution in [0.4, 0.5) is 5.69 Å². The summed E-state index contributed by atoms with van der Waals surface area (Å²) in [6.45, 7) is 9.14. The summed E-state index contributed by atoms with van der Waals surface area (Å²) in [5.74, 6) is -0.727. The molecule has 0 radical (unpaired) electrons. The van der Waals surface area contributed by atoms with Crippen molar-refractivity contribution < 1.29 is 18.0 Å². The zero-order valence-corrected chi connectivity index (χ0v) is 30.3. The maximum atomic E-state index is 14.7. The van der Waals surface area contributed by atoms with E-state index in [4.69, 9.17) is 23.2 Å². The molecule has 48 heavy (non-hydrogen) atoms. The minimum absolute atomic E-state index is 0.0462. The van der Waals surface area contributed by atoms with E-state index in [1.165, 1.54) is 17.0 Å². The molecule has 0 saturated carbocycles. The molecule has 1 N–H and O–H groups in total. The first-order valence-corrected chi connectivity index (χ1v) is 18.3. The number of amides is 2. The Hall–Kier alpha value is -3.85. The van der Waals surface area contributed by atoms with Crippen molar-refractivity contribution in [3.8, 4) is 0 Å². The number of rotatable bonds is 14. The number of hydrogen-bond donors (Lipinski definition) is 1. The van der Waals surface area contributed by atoms with Gasteiger partial charge in [-0.3, -0.25) is 13.9 Å². The average Bonchev–Trinajstić information content (AvgIpc) is 3.06. The third-order valence-electron chi connectivity index (χ3n) is 8.40. The molecule has 0 unspecified atom stereocenters. The van der Waals surface area contributed by atoms with E-state index in [1.54, 1.807) is 42.5 Å². The Kier molecular flexibility index (Phi) is 12.7. The van der Waals surface area contributed by atoms with Gasteiger partial charge in [-0.15, -0.1) is 0 Å². The van der Waals surface area contributed by atoms with E-state index in [1.807, 2.05) is 77.1 Å². The highest BCUT2D eigenvalue weighted by Crippen LogP contribution is 2.30. The average molecular weight is 709 g/mol. The fourth-order valence-electron chi connectivity index (χ4n) is 5.24.